The fraction of sp³-hybridized carbons (Fsp3) is 0.565. The van der Waals surface area contributed by atoms with E-state index in [-0.39, 0.29) is 29.0 Å². The van der Waals surface area contributed by atoms with E-state index in [1.807, 2.05) is 13.8 Å². The van der Waals surface area contributed by atoms with Gasteiger partial charge < -0.3 is 14.2 Å². The molecular formula is C23H33ClFNO5. The smallest absolute Gasteiger partial charge is 0.412 e. The fourth-order valence-corrected chi connectivity index (χ4v) is 2.71. The number of nitrogens with one attached hydrogen (secondary N) is 1. The van der Waals surface area contributed by atoms with Gasteiger partial charge in [-0.3, -0.25) is 5.32 Å². The molecule has 0 saturated heterocycles. The van der Waals surface area contributed by atoms with E-state index < -0.39 is 24.0 Å². The van der Waals surface area contributed by atoms with Crippen LogP contribution in [-0.4, -0.2) is 31.4 Å². The number of unbranched alkanes of at least 4 members (excludes halogenated alkanes) is 3. The second-order valence-electron chi connectivity index (χ2n) is 7.62. The van der Waals surface area contributed by atoms with Crippen LogP contribution in [0.3, 0.4) is 0 Å². The molecule has 0 spiro atoms. The van der Waals surface area contributed by atoms with Crippen LogP contribution in [0.5, 0.6) is 5.75 Å². The van der Waals surface area contributed by atoms with E-state index in [1.165, 1.54) is 6.07 Å². The lowest BCUT2D eigenvalue weighted by Crippen LogP contribution is -2.33. The number of rotatable bonds is 13. The quantitative estimate of drug-likeness (QED) is 0.207. The predicted molar refractivity (Wildman–Crippen MR) is 120 cm³/mol. The molecule has 0 bridgehead atoms. The minimum atomic E-state index is -1.28. The average molecular weight is 458 g/mol. The molecule has 1 N–H and O–H groups in total. The van der Waals surface area contributed by atoms with Crippen LogP contribution in [0.2, 0.25) is 5.02 Å². The van der Waals surface area contributed by atoms with Crippen molar-refractivity contribution in [1.82, 2.24) is 0 Å². The third-order valence-corrected chi connectivity index (χ3v) is 4.63. The summed E-state index contributed by atoms with van der Waals surface area (Å²) in [4.78, 5) is 24.6. The number of esters is 1. The van der Waals surface area contributed by atoms with Gasteiger partial charge in [0, 0.05) is 6.07 Å². The van der Waals surface area contributed by atoms with E-state index in [9.17, 15) is 14.0 Å². The zero-order valence-electron chi connectivity index (χ0n) is 18.8. The van der Waals surface area contributed by atoms with Gasteiger partial charge in [0.25, 0.3) is 0 Å². The highest BCUT2D eigenvalue weighted by molar-refractivity contribution is 6.32. The standard InChI is InChI=1S/C23H33ClFNO5/c1-6-8-9-10-11-29-20-13-19(18(25)12-17(20)24)26-23(28)31-21(16(5)7-2)22(27)30-14-15(3)4/h12-13,15,21H,5-11,14H2,1-4H3,(H,26,28). The van der Waals surface area contributed by atoms with Gasteiger partial charge in [0.05, 0.1) is 23.9 Å². The van der Waals surface area contributed by atoms with Crippen molar-refractivity contribution in [2.75, 3.05) is 18.5 Å². The van der Waals surface area contributed by atoms with E-state index in [0.717, 1.165) is 31.7 Å². The van der Waals surface area contributed by atoms with Crippen molar-refractivity contribution < 1.29 is 28.2 Å². The van der Waals surface area contributed by atoms with Crippen molar-refractivity contribution in [2.24, 2.45) is 5.92 Å². The molecule has 8 heteroatoms. The van der Waals surface area contributed by atoms with Crippen molar-refractivity contribution in [3.05, 3.63) is 35.1 Å². The Hall–Kier alpha value is -2.28. The number of anilines is 1. The van der Waals surface area contributed by atoms with Crippen molar-refractivity contribution in [3.63, 3.8) is 0 Å². The molecule has 0 aliphatic rings. The summed E-state index contributed by atoms with van der Waals surface area (Å²) >= 11 is 6.04. The van der Waals surface area contributed by atoms with E-state index in [0.29, 0.717) is 18.6 Å². The van der Waals surface area contributed by atoms with Crippen molar-refractivity contribution in [3.8, 4) is 5.75 Å². The van der Waals surface area contributed by atoms with Crippen molar-refractivity contribution in [2.45, 2.75) is 65.9 Å². The summed E-state index contributed by atoms with van der Waals surface area (Å²) < 4.78 is 30.2. The molecule has 0 radical (unpaired) electrons. The highest BCUT2D eigenvalue weighted by Gasteiger charge is 2.27. The second-order valence-corrected chi connectivity index (χ2v) is 8.02. The number of amides is 1. The van der Waals surface area contributed by atoms with Gasteiger partial charge in [0.1, 0.15) is 11.6 Å². The molecule has 0 aliphatic carbocycles. The molecule has 0 aliphatic heterocycles. The van der Waals surface area contributed by atoms with E-state index in [2.05, 4.69) is 18.8 Å². The molecule has 6 nitrogen and oxygen atoms in total. The third-order valence-electron chi connectivity index (χ3n) is 4.34. The molecular weight excluding hydrogens is 425 g/mol. The number of benzene rings is 1. The first kappa shape index (κ1) is 26.8. The minimum Gasteiger partial charge on any atom is -0.492 e. The summed E-state index contributed by atoms with van der Waals surface area (Å²) in [7, 11) is 0. The Kier molecular flexibility index (Phi) is 12.0. The summed E-state index contributed by atoms with van der Waals surface area (Å²) in [5.41, 5.74) is 0.200. The van der Waals surface area contributed by atoms with Gasteiger partial charge in [-0.2, -0.15) is 0 Å². The van der Waals surface area contributed by atoms with Crippen LogP contribution in [0.4, 0.5) is 14.9 Å². The largest absolute Gasteiger partial charge is 0.492 e. The molecule has 1 aromatic rings. The van der Waals surface area contributed by atoms with Gasteiger partial charge in [-0.15, -0.1) is 0 Å². The summed E-state index contributed by atoms with van der Waals surface area (Å²) in [6.07, 6.45) is 2.16. The maximum atomic E-state index is 14.3. The molecule has 0 saturated carbocycles. The lowest BCUT2D eigenvalue weighted by molar-refractivity contribution is -0.152. The van der Waals surface area contributed by atoms with Crippen molar-refractivity contribution in [1.29, 1.82) is 0 Å². The summed E-state index contributed by atoms with van der Waals surface area (Å²) in [5, 5.41) is 2.39. The van der Waals surface area contributed by atoms with Crippen LogP contribution in [-0.2, 0) is 14.3 Å². The highest BCUT2D eigenvalue weighted by Crippen LogP contribution is 2.31. The zero-order chi connectivity index (χ0) is 23.4. The van der Waals surface area contributed by atoms with Crippen LogP contribution < -0.4 is 10.1 Å². The van der Waals surface area contributed by atoms with Crippen molar-refractivity contribution >= 4 is 29.4 Å². The minimum absolute atomic E-state index is 0.0985. The number of halogens is 2. The molecule has 31 heavy (non-hydrogen) atoms. The first-order valence-corrected chi connectivity index (χ1v) is 11.0. The molecule has 1 rings (SSSR count). The molecule has 1 atom stereocenters. The molecule has 1 unspecified atom stereocenters. The van der Waals surface area contributed by atoms with Gasteiger partial charge in [0.15, 0.2) is 0 Å². The van der Waals surface area contributed by atoms with E-state index in [4.69, 9.17) is 25.8 Å². The first-order valence-electron chi connectivity index (χ1n) is 10.6. The fourth-order valence-electron chi connectivity index (χ4n) is 2.50. The Morgan fingerprint density at radius 3 is 2.52 bits per heavy atom. The number of hydrogen-bond donors (Lipinski definition) is 1. The maximum absolute atomic E-state index is 14.3. The Balaban J connectivity index is 2.82. The maximum Gasteiger partial charge on any atom is 0.412 e. The predicted octanol–water partition coefficient (Wildman–Crippen LogP) is 6.52. The number of carbonyl (C=O) groups is 2. The van der Waals surface area contributed by atoms with Crippen LogP contribution in [0.25, 0.3) is 0 Å². The zero-order valence-corrected chi connectivity index (χ0v) is 19.5. The molecule has 0 fully saturated rings. The van der Waals surface area contributed by atoms with Crippen LogP contribution in [0.15, 0.2) is 24.3 Å². The third kappa shape index (κ3) is 9.59. The van der Waals surface area contributed by atoms with Crippen LogP contribution in [0.1, 0.15) is 59.8 Å². The first-order chi connectivity index (χ1) is 14.7. The summed E-state index contributed by atoms with van der Waals surface area (Å²) in [5.74, 6) is -1.10. The Bertz CT molecular complexity index is 754. The van der Waals surface area contributed by atoms with Crippen LogP contribution >= 0.6 is 11.6 Å². The Morgan fingerprint density at radius 2 is 1.90 bits per heavy atom. The second kappa shape index (κ2) is 13.9. The van der Waals surface area contributed by atoms with Gasteiger partial charge in [-0.25, -0.2) is 14.0 Å². The number of hydrogen-bond acceptors (Lipinski definition) is 5. The lowest BCUT2D eigenvalue weighted by Gasteiger charge is -2.19. The summed E-state index contributed by atoms with van der Waals surface area (Å²) in [6.45, 7) is 12.0. The molecule has 0 aromatic heterocycles. The molecule has 0 heterocycles. The summed E-state index contributed by atoms with van der Waals surface area (Å²) in [6, 6.07) is 2.34. The van der Waals surface area contributed by atoms with Crippen LogP contribution in [0, 0.1) is 11.7 Å². The molecule has 1 amide bonds. The highest BCUT2D eigenvalue weighted by atomic mass is 35.5. The molecule has 174 valence electrons. The van der Waals surface area contributed by atoms with Gasteiger partial charge >= 0.3 is 12.1 Å². The Labute approximate surface area is 189 Å². The van der Waals surface area contributed by atoms with E-state index >= 15 is 0 Å². The normalized spacial score (nSPS) is 11.7. The number of carbonyl (C=O) groups excluding carboxylic acids is 2. The molecule has 1 aromatic carbocycles. The SMILES string of the molecule is C=C(CC)C(OC(=O)Nc1cc(OCCCCCC)c(Cl)cc1F)C(=O)OCC(C)C. The average Bonchev–Trinajstić information content (AvgIpc) is 2.72. The monoisotopic (exact) mass is 457 g/mol. The lowest BCUT2D eigenvalue weighted by atomic mass is 10.1. The topological polar surface area (TPSA) is 73.9 Å². The van der Waals surface area contributed by atoms with Gasteiger partial charge in [-0.05, 0) is 30.4 Å². The van der Waals surface area contributed by atoms with Gasteiger partial charge in [0.2, 0.25) is 6.10 Å². The van der Waals surface area contributed by atoms with E-state index in [1.54, 1.807) is 6.92 Å². The van der Waals surface area contributed by atoms with Gasteiger partial charge in [-0.1, -0.05) is 65.1 Å². The number of ether oxygens (including phenoxy) is 3. The Morgan fingerprint density at radius 1 is 1.19 bits per heavy atom.